The Bertz CT molecular complexity index is 1050. The van der Waals surface area contributed by atoms with Crippen LogP contribution in [0.25, 0.3) is 5.69 Å². The third-order valence-electron chi connectivity index (χ3n) is 6.07. The number of rotatable bonds is 3. The normalized spacial score (nSPS) is 18.9. The van der Waals surface area contributed by atoms with Crippen molar-refractivity contribution in [2.75, 3.05) is 24.5 Å². The Hall–Kier alpha value is -3.29. The first-order valence-corrected chi connectivity index (χ1v) is 10.6. The number of carbonyl (C=O) groups is 1. The fourth-order valence-electron chi connectivity index (χ4n) is 4.34. The highest BCUT2D eigenvalue weighted by atomic mass is 16.2. The molecule has 1 aliphatic carbocycles. The molecular formula is C22H25N7O. The van der Waals surface area contributed by atoms with E-state index < -0.39 is 0 Å². The van der Waals surface area contributed by atoms with E-state index in [0.29, 0.717) is 17.8 Å². The first kappa shape index (κ1) is 18.7. The van der Waals surface area contributed by atoms with Crippen LogP contribution in [-0.2, 0) is 12.8 Å². The fourth-order valence-corrected chi connectivity index (χ4v) is 4.34. The number of anilines is 1. The van der Waals surface area contributed by atoms with Crippen LogP contribution in [-0.4, -0.2) is 61.4 Å². The Labute approximate surface area is 175 Å². The Kier molecular flexibility index (Phi) is 4.90. The first-order chi connectivity index (χ1) is 14.7. The van der Waals surface area contributed by atoms with Crippen LogP contribution in [0.15, 0.2) is 42.9 Å². The highest BCUT2D eigenvalue weighted by Crippen LogP contribution is 2.24. The largest absolute Gasteiger partial charge is 0.339 e. The molecule has 0 spiro atoms. The molecule has 0 unspecified atom stereocenters. The number of amides is 1. The van der Waals surface area contributed by atoms with Gasteiger partial charge in [-0.05, 0) is 50.3 Å². The minimum Gasteiger partial charge on any atom is -0.339 e. The van der Waals surface area contributed by atoms with E-state index in [1.807, 2.05) is 35.4 Å². The molecule has 0 radical (unpaired) electrons. The summed E-state index contributed by atoms with van der Waals surface area (Å²) in [5, 5.41) is 8.40. The summed E-state index contributed by atoms with van der Waals surface area (Å²) in [5.74, 6) is 0.797. The van der Waals surface area contributed by atoms with Gasteiger partial charge in [0.1, 0.15) is 0 Å². The lowest BCUT2D eigenvalue weighted by Gasteiger charge is -2.27. The molecule has 8 nitrogen and oxygen atoms in total. The van der Waals surface area contributed by atoms with Crippen molar-refractivity contribution in [2.45, 2.75) is 38.6 Å². The topological polar surface area (TPSA) is 80.0 Å². The van der Waals surface area contributed by atoms with Crippen molar-refractivity contribution in [1.82, 2.24) is 29.9 Å². The van der Waals surface area contributed by atoms with Gasteiger partial charge in [-0.3, -0.25) is 4.79 Å². The molecule has 154 valence electrons. The van der Waals surface area contributed by atoms with Crippen LogP contribution in [0.2, 0.25) is 0 Å². The Morgan fingerprint density at radius 1 is 1.07 bits per heavy atom. The summed E-state index contributed by atoms with van der Waals surface area (Å²) in [7, 11) is 0. The maximum Gasteiger partial charge on any atom is 0.256 e. The average molecular weight is 403 g/mol. The lowest BCUT2D eigenvalue weighted by atomic mass is 10.1. The number of aromatic nitrogens is 5. The monoisotopic (exact) mass is 403 g/mol. The molecule has 5 rings (SSSR count). The van der Waals surface area contributed by atoms with Crippen LogP contribution in [0, 0.1) is 0 Å². The Morgan fingerprint density at radius 3 is 2.77 bits per heavy atom. The lowest BCUT2D eigenvalue weighted by molar-refractivity contribution is 0.0705. The van der Waals surface area contributed by atoms with Gasteiger partial charge in [0.15, 0.2) is 0 Å². The number of benzene rings is 1. The van der Waals surface area contributed by atoms with Gasteiger partial charge < -0.3 is 9.80 Å². The zero-order chi connectivity index (χ0) is 20.5. The van der Waals surface area contributed by atoms with Crippen LogP contribution in [0.3, 0.4) is 0 Å². The molecule has 1 fully saturated rings. The van der Waals surface area contributed by atoms with Gasteiger partial charge in [0.2, 0.25) is 5.95 Å². The zero-order valence-corrected chi connectivity index (χ0v) is 17.1. The van der Waals surface area contributed by atoms with E-state index in [2.05, 4.69) is 27.0 Å². The van der Waals surface area contributed by atoms with Crippen molar-refractivity contribution in [3.63, 3.8) is 0 Å². The maximum absolute atomic E-state index is 13.5. The zero-order valence-electron chi connectivity index (χ0n) is 17.1. The summed E-state index contributed by atoms with van der Waals surface area (Å²) in [6.45, 7) is 4.30. The minimum atomic E-state index is 0.00659. The molecular weight excluding hydrogens is 378 g/mol. The Morgan fingerprint density at radius 2 is 1.90 bits per heavy atom. The number of hydrogen-bond donors (Lipinski definition) is 0. The van der Waals surface area contributed by atoms with E-state index in [0.717, 1.165) is 44.7 Å². The van der Waals surface area contributed by atoms with Crippen LogP contribution < -0.4 is 4.90 Å². The molecule has 3 aromatic rings. The lowest BCUT2D eigenvalue weighted by Crippen LogP contribution is -2.40. The molecule has 1 saturated heterocycles. The predicted molar refractivity (Wildman–Crippen MR) is 113 cm³/mol. The van der Waals surface area contributed by atoms with Gasteiger partial charge in [-0.2, -0.15) is 15.0 Å². The molecule has 0 N–H and O–H groups in total. The van der Waals surface area contributed by atoms with E-state index in [9.17, 15) is 4.79 Å². The summed E-state index contributed by atoms with van der Waals surface area (Å²) in [5.41, 5.74) is 3.78. The highest BCUT2D eigenvalue weighted by molar-refractivity contribution is 5.98. The second kappa shape index (κ2) is 7.85. The number of fused-ring (bicyclic) bond motifs is 1. The van der Waals surface area contributed by atoms with Gasteiger partial charge in [0.05, 0.1) is 23.6 Å². The molecule has 2 aromatic heterocycles. The summed E-state index contributed by atoms with van der Waals surface area (Å²) in [4.78, 5) is 28.6. The van der Waals surface area contributed by atoms with E-state index in [1.54, 1.807) is 12.4 Å². The quantitative estimate of drug-likeness (QED) is 0.668. The maximum atomic E-state index is 13.5. The predicted octanol–water partition coefficient (Wildman–Crippen LogP) is 2.29. The molecule has 1 amide bonds. The van der Waals surface area contributed by atoms with E-state index in [-0.39, 0.29) is 11.9 Å². The number of aryl methyl sites for hydroxylation is 2. The number of hydrogen-bond acceptors (Lipinski definition) is 6. The van der Waals surface area contributed by atoms with Crippen LogP contribution in [0.4, 0.5) is 5.95 Å². The van der Waals surface area contributed by atoms with Crippen molar-refractivity contribution in [3.8, 4) is 5.69 Å². The van der Waals surface area contributed by atoms with Gasteiger partial charge in [0.25, 0.3) is 5.91 Å². The van der Waals surface area contributed by atoms with Crippen LogP contribution >= 0.6 is 0 Å². The number of carbonyl (C=O) groups excluding carboxylic acids is 1. The summed E-state index contributed by atoms with van der Waals surface area (Å²) in [6.07, 6.45) is 9.37. The first-order valence-electron chi connectivity index (χ1n) is 10.6. The van der Waals surface area contributed by atoms with Gasteiger partial charge in [-0.15, -0.1) is 0 Å². The van der Waals surface area contributed by atoms with Gasteiger partial charge in [-0.25, -0.2) is 9.97 Å². The summed E-state index contributed by atoms with van der Waals surface area (Å²) >= 11 is 0. The molecule has 1 atom stereocenters. The third-order valence-corrected chi connectivity index (χ3v) is 6.07. The minimum absolute atomic E-state index is 0.00659. The molecule has 2 aliphatic rings. The second-order valence-electron chi connectivity index (χ2n) is 7.95. The second-order valence-corrected chi connectivity index (χ2v) is 7.95. The SMILES string of the molecule is C[C@@H]1CCN(c2ncc3c(n2)CCC3)CCN1C(=O)c1ccccc1-n1nccn1. The molecule has 1 aliphatic heterocycles. The Balaban J connectivity index is 1.37. The van der Waals surface area contributed by atoms with E-state index in [1.165, 1.54) is 16.1 Å². The van der Waals surface area contributed by atoms with Gasteiger partial charge in [0, 0.05) is 37.6 Å². The van der Waals surface area contributed by atoms with Crippen LogP contribution in [0.1, 0.15) is 41.4 Å². The van der Waals surface area contributed by atoms with E-state index >= 15 is 0 Å². The van der Waals surface area contributed by atoms with Crippen molar-refractivity contribution in [1.29, 1.82) is 0 Å². The summed E-state index contributed by atoms with van der Waals surface area (Å²) in [6, 6.07) is 7.62. The summed E-state index contributed by atoms with van der Waals surface area (Å²) < 4.78 is 0. The van der Waals surface area contributed by atoms with Crippen molar-refractivity contribution in [3.05, 3.63) is 59.7 Å². The van der Waals surface area contributed by atoms with Crippen LogP contribution in [0.5, 0.6) is 0 Å². The molecule has 0 bridgehead atoms. The molecule has 30 heavy (non-hydrogen) atoms. The molecule has 3 heterocycles. The highest BCUT2D eigenvalue weighted by Gasteiger charge is 2.28. The van der Waals surface area contributed by atoms with Crippen molar-refractivity contribution < 1.29 is 4.79 Å². The molecule has 8 heteroatoms. The fraction of sp³-hybridized carbons (Fsp3) is 0.409. The molecule has 0 saturated carbocycles. The molecule has 1 aromatic carbocycles. The van der Waals surface area contributed by atoms with Gasteiger partial charge in [-0.1, -0.05) is 12.1 Å². The smallest absolute Gasteiger partial charge is 0.256 e. The van der Waals surface area contributed by atoms with E-state index in [4.69, 9.17) is 4.98 Å². The van der Waals surface area contributed by atoms with Gasteiger partial charge >= 0.3 is 0 Å². The average Bonchev–Trinajstić information content (AvgIpc) is 3.43. The number of nitrogens with zero attached hydrogens (tertiary/aromatic N) is 7. The van der Waals surface area contributed by atoms with Crippen molar-refractivity contribution in [2.24, 2.45) is 0 Å². The number of para-hydroxylation sites is 1. The standard InChI is InChI=1S/C22H25N7O/c1-16-9-12-27(22-23-15-17-5-4-7-19(17)26-22)13-14-28(16)21(30)18-6-2-3-8-20(18)29-24-10-11-25-29/h2-3,6,8,10-11,15-16H,4-5,7,9,12-14H2,1H3/t16-/m1/s1. The van der Waals surface area contributed by atoms with Crippen molar-refractivity contribution >= 4 is 11.9 Å². The third kappa shape index (κ3) is 3.42.